The lowest BCUT2D eigenvalue weighted by atomic mass is 10.0. The minimum absolute atomic E-state index is 0.00150. The maximum absolute atomic E-state index is 12.9. The van der Waals surface area contributed by atoms with Crippen molar-refractivity contribution in [2.45, 2.75) is 25.6 Å². The molecule has 0 atom stereocenters. The maximum atomic E-state index is 12.9. The summed E-state index contributed by atoms with van der Waals surface area (Å²) in [6.45, 7) is 0.984. The molecule has 0 amide bonds. The fourth-order valence-corrected chi connectivity index (χ4v) is 2.04. The number of carbonyl (C=O) groups is 1. The van der Waals surface area contributed by atoms with Gasteiger partial charge < -0.3 is 9.84 Å². The van der Waals surface area contributed by atoms with Crippen molar-refractivity contribution in [2.75, 3.05) is 13.2 Å². The Bertz CT molecular complexity index is 466. The third-order valence-electron chi connectivity index (χ3n) is 2.98. The van der Waals surface area contributed by atoms with Crippen molar-refractivity contribution in [1.29, 1.82) is 0 Å². The predicted octanol–water partition coefficient (Wildman–Crippen LogP) is 1.42. The van der Waals surface area contributed by atoms with E-state index in [1.165, 1.54) is 0 Å². The number of alkyl halides is 3. The van der Waals surface area contributed by atoms with Crippen LogP contribution in [0.1, 0.15) is 29.0 Å². The number of ether oxygens (including phenoxy) is 1. The molecule has 2 rings (SSSR count). The van der Waals surface area contributed by atoms with Gasteiger partial charge in [0, 0.05) is 19.8 Å². The Hall–Kier alpha value is -1.64. The van der Waals surface area contributed by atoms with Gasteiger partial charge in [-0.2, -0.15) is 13.2 Å². The molecule has 0 spiro atoms. The summed E-state index contributed by atoms with van der Waals surface area (Å²) in [5.41, 5.74) is -2.36. The number of carboxylic acids is 1. The second-order valence-electron chi connectivity index (χ2n) is 4.33. The van der Waals surface area contributed by atoms with E-state index in [2.05, 4.69) is 10.3 Å². The standard InChI is InChI=1S/C10H12F3N3O3/c11-10(12,13)8-7(9(17)18)14-15-16(8)5-6-1-3-19-4-2-6/h6H,1-5H2,(H,17,18). The number of hydrogen-bond donors (Lipinski definition) is 1. The van der Waals surface area contributed by atoms with Crippen LogP contribution in [0.25, 0.3) is 0 Å². The van der Waals surface area contributed by atoms with Gasteiger partial charge >= 0.3 is 12.1 Å². The second-order valence-corrected chi connectivity index (χ2v) is 4.33. The molecule has 0 aromatic carbocycles. The summed E-state index contributed by atoms with van der Waals surface area (Å²) in [6.07, 6.45) is -3.54. The van der Waals surface area contributed by atoms with Crippen LogP contribution in [0.3, 0.4) is 0 Å². The summed E-state index contributed by atoms with van der Waals surface area (Å²) in [5, 5.41) is 15.1. The number of halogens is 3. The van der Waals surface area contributed by atoms with Crippen LogP contribution in [-0.4, -0.2) is 39.3 Å². The molecule has 6 nitrogen and oxygen atoms in total. The molecular weight excluding hydrogens is 267 g/mol. The number of rotatable bonds is 3. The zero-order chi connectivity index (χ0) is 14.0. The molecule has 2 heterocycles. The molecular formula is C10H12F3N3O3. The lowest BCUT2D eigenvalue weighted by Gasteiger charge is -2.22. The molecule has 1 saturated heterocycles. The molecule has 1 N–H and O–H groups in total. The molecule has 1 aliphatic rings. The van der Waals surface area contributed by atoms with Gasteiger partial charge in [0.1, 0.15) is 0 Å². The summed E-state index contributed by atoms with van der Waals surface area (Å²) in [4.78, 5) is 10.7. The fraction of sp³-hybridized carbons (Fsp3) is 0.700. The Kier molecular flexibility index (Phi) is 3.74. The van der Waals surface area contributed by atoms with Crippen molar-refractivity contribution in [3.8, 4) is 0 Å². The zero-order valence-electron chi connectivity index (χ0n) is 9.85. The molecule has 9 heteroatoms. The van der Waals surface area contributed by atoms with Gasteiger partial charge in [0.2, 0.25) is 5.69 Å². The molecule has 106 valence electrons. The van der Waals surface area contributed by atoms with E-state index in [0.29, 0.717) is 30.7 Å². The van der Waals surface area contributed by atoms with Crippen molar-refractivity contribution in [1.82, 2.24) is 15.0 Å². The second kappa shape index (κ2) is 5.16. The molecule has 19 heavy (non-hydrogen) atoms. The van der Waals surface area contributed by atoms with Crippen molar-refractivity contribution < 1.29 is 27.8 Å². The molecule has 0 saturated carbocycles. The first-order chi connectivity index (χ1) is 8.89. The number of aromatic carboxylic acids is 1. The van der Waals surface area contributed by atoms with E-state index in [1.54, 1.807) is 0 Å². The fourth-order valence-electron chi connectivity index (χ4n) is 2.04. The van der Waals surface area contributed by atoms with Gasteiger partial charge in [-0.05, 0) is 18.8 Å². The van der Waals surface area contributed by atoms with E-state index in [1.807, 2.05) is 0 Å². The number of aromatic nitrogens is 3. The quantitative estimate of drug-likeness (QED) is 0.905. The first-order valence-electron chi connectivity index (χ1n) is 5.71. The Balaban J connectivity index is 2.27. The maximum Gasteiger partial charge on any atom is 0.435 e. The lowest BCUT2D eigenvalue weighted by molar-refractivity contribution is -0.145. The Morgan fingerprint density at radius 2 is 2.05 bits per heavy atom. The highest BCUT2D eigenvalue weighted by Crippen LogP contribution is 2.32. The van der Waals surface area contributed by atoms with Gasteiger partial charge in [-0.15, -0.1) is 5.10 Å². The van der Waals surface area contributed by atoms with Crippen molar-refractivity contribution >= 4 is 5.97 Å². The van der Waals surface area contributed by atoms with Crippen LogP contribution >= 0.6 is 0 Å². The third kappa shape index (κ3) is 3.03. The minimum Gasteiger partial charge on any atom is -0.476 e. The highest BCUT2D eigenvalue weighted by molar-refractivity contribution is 5.86. The van der Waals surface area contributed by atoms with E-state index < -0.39 is 23.5 Å². The summed E-state index contributed by atoms with van der Waals surface area (Å²) >= 11 is 0. The van der Waals surface area contributed by atoms with Crippen LogP contribution in [0.5, 0.6) is 0 Å². The lowest BCUT2D eigenvalue weighted by Crippen LogP contribution is -2.25. The third-order valence-corrected chi connectivity index (χ3v) is 2.98. The average molecular weight is 279 g/mol. The van der Waals surface area contributed by atoms with E-state index in [4.69, 9.17) is 9.84 Å². The van der Waals surface area contributed by atoms with Crippen LogP contribution in [0.15, 0.2) is 0 Å². The highest BCUT2D eigenvalue weighted by Gasteiger charge is 2.41. The smallest absolute Gasteiger partial charge is 0.435 e. The van der Waals surface area contributed by atoms with Crippen LogP contribution in [0.2, 0.25) is 0 Å². The van der Waals surface area contributed by atoms with Gasteiger partial charge in [-0.3, -0.25) is 0 Å². The van der Waals surface area contributed by atoms with Gasteiger partial charge in [0.15, 0.2) is 5.69 Å². The largest absolute Gasteiger partial charge is 0.476 e. The predicted molar refractivity (Wildman–Crippen MR) is 55.5 cm³/mol. The first kappa shape index (κ1) is 13.8. The zero-order valence-corrected chi connectivity index (χ0v) is 9.85. The molecule has 1 aromatic rings. The van der Waals surface area contributed by atoms with Gasteiger partial charge in [-0.1, -0.05) is 5.21 Å². The highest BCUT2D eigenvalue weighted by atomic mass is 19.4. The van der Waals surface area contributed by atoms with E-state index in [9.17, 15) is 18.0 Å². The molecule has 0 aliphatic carbocycles. The minimum atomic E-state index is -4.79. The summed E-state index contributed by atoms with van der Waals surface area (Å²) < 4.78 is 44.4. The number of carboxylic acid groups (broad SMARTS) is 1. The van der Waals surface area contributed by atoms with Crippen LogP contribution in [-0.2, 0) is 17.5 Å². The summed E-state index contributed by atoms with van der Waals surface area (Å²) in [6, 6.07) is 0. The number of nitrogens with zero attached hydrogens (tertiary/aromatic N) is 3. The summed E-state index contributed by atoms with van der Waals surface area (Å²) in [5.74, 6) is -1.75. The number of hydrogen-bond acceptors (Lipinski definition) is 4. The van der Waals surface area contributed by atoms with Crippen LogP contribution in [0.4, 0.5) is 13.2 Å². The van der Waals surface area contributed by atoms with Crippen LogP contribution < -0.4 is 0 Å². The van der Waals surface area contributed by atoms with Gasteiger partial charge in [0.05, 0.1) is 0 Å². The SMILES string of the molecule is O=C(O)c1nnn(CC2CCOCC2)c1C(F)(F)F. The average Bonchev–Trinajstić information content (AvgIpc) is 2.74. The van der Waals surface area contributed by atoms with Gasteiger partial charge in [0.25, 0.3) is 0 Å². The molecule has 0 bridgehead atoms. The summed E-state index contributed by atoms with van der Waals surface area (Å²) in [7, 11) is 0. The van der Waals surface area contributed by atoms with Crippen LogP contribution in [0, 0.1) is 5.92 Å². The van der Waals surface area contributed by atoms with Gasteiger partial charge in [-0.25, -0.2) is 9.48 Å². The monoisotopic (exact) mass is 279 g/mol. The molecule has 0 unspecified atom stereocenters. The topological polar surface area (TPSA) is 77.2 Å². The van der Waals surface area contributed by atoms with Crippen molar-refractivity contribution in [2.24, 2.45) is 5.92 Å². The molecule has 1 aromatic heterocycles. The van der Waals surface area contributed by atoms with E-state index in [-0.39, 0.29) is 12.5 Å². The van der Waals surface area contributed by atoms with E-state index >= 15 is 0 Å². The molecule has 1 aliphatic heterocycles. The Morgan fingerprint density at radius 1 is 1.42 bits per heavy atom. The van der Waals surface area contributed by atoms with E-state index in [0.717, 1.165) is 0 Å². The first-order valence-corrected chi connectivity index (χ1v) is 5.71. The molecule has 0 radical (unpaired) electrons. The molecule has 1 fully saturated rings. The Morgan fingerprint density at radius 3 is 2.58 bits per heavy atom. The van der Waals surface area contributed by atoms with Crippen molar-refractivity contribution in [3.05, 3.63) is 11.4 Å². The van der Waals surface area contributed by atoms with Crippen molar-refractivity contribution in [3.63, 3.8) is 0 Å². The normalized spacial score (nSPS) is 17.6. The Labute approximate surface area is 106 Å².